The van der Waals surface area contributed by atoms with Gasteiger partial charge in [0.2, 0.25) is 11.9 Å². The van der Waals surface area contributed by atoms with Gasteiger partial charge in [0.25, 0.3) is 29.4 Å². The van der Waals surface area contributed by atoms with Crippen LogP contribution in [0.1, 0.15) is 115 Å². The van der Waals surface area contributed by atoms with Crippen molar-refractivity contribution >= 4 is 69.2 Å². The van der Waals surface area contributed by atoms with E-state index in [9.17, 15) is 21.9 Å². The molecule has 3 heterocycles. The maximum Gasteiger partial charge on any atom is 0.298 e. The number of aliphatic hydroxyl groups excluding tert-OH is 2. The molecule has 2 fully saturated rings. The Morgan fingerprint density at radius 3 is 1.40 bits per heavy atom. The van der Waals surface area contributed by atoms with Crippen LogP contribution in [0.4, 0.5) is 23.3 Å². The molecule has 2 aromatic carbocycles. The first kappa shape index (κ1) is 57.9. The first-order chi connectivity index (χ1) is 35.7. The second kappa shape index (κ2) is 25.2. The first-order valence-electron chi connectivity index (χ1n) is 27.8. The number of anilines is 4. The second-order valence-electron chi connectivity index (χ2n) is 24.0. The summed E-state index contributed by atoms with van der Waals surface area (Å²) in [6.45, 7) is 16.4. The molecule has 1 saturated carbocycles. The fourth-order valence-corrected chi connectivity index (χ4v) is 14.8. The maximum absolute atomic E-state index is 13.5. The minimum absolute atomic E-state index is 0.0180. The van der Waals surface area contributed by atoms with Gasteiger partial charge in [0.1, 0.15) is 13.5 Å². The van der Waals surface area contributed by atoms with Gasteiger partial charge in [-0.15, -0.1) is 10.2 Å². The molecule has 0 spiro atoms. The van der Waals surface area contributed by atoms with Gasteiger partial charge in [-0.05, 0) is 171 Å². The minimum atomic E-state index is -4.03. The Morgan fingerprint density at radius 1 is 0.587 bits per heavy atom. The summed E-state index contributed by atoms with van der Waals surface area (Å²) in [5.41, 5.74) is 13.1. The number of benzene rings is 2. The SMILES string of the molecule is C[Si](C)(C)CCOCn1nc(S(=O)(=O)Cl)nc1Nc1c2c(cc3c1CCC3)CCC2.C[Si](C)(C)CCOCn1nc(S(=O)(=O)N2CCCC(CO)C2)nc1Nc1c2c(cc3c1CCC3)CCC2.OCC1CCCCC1. The first-order valence-corrected chi connectivity index (χ1v) is 39.0. The van der Waals surface area contributed by atoms with Crippen molar-refractivity contribution in [3.63, 3.8) is 0 Å². The summed E-state index contributed by atoms with van der Waals surface area (Å²) < 4.78 is 67.0. The molecule has 4 aromatic rings. The number of aliphatic hydroxyl groups is 2. The van der Waals surface area contributed by atoms with Gasteiger partial charge in [-0.2, -0.15) is 14.3 Å². The van der Waals surface area contributed by atoms with E-state index in [2.05, 4.69) is 82.2 Å². The Morgan fingerprint density at radius 2 is 1.00 bits per heavy atom. The Kier molecular flexibility index (Phi) is 19.5. The van der Waals surface area contributed by atoms with Crippen molar-refractivity contribution in [1.29, 1.82) is 0 Å². The quantitative estimate of drug-likeness (QED) is 0.0391. The van der Waals surface area contributed by atoms with E-state index in [0.717, 1.165) is 113 Å². The van der Waals surface area contributed by atoms with Crippen LogP contribution in [0.15, 0.2) is 22.4 Å². The fraction of sp³-hybridized carbons (Fsp3) is 0.698. The van der Waals surface area contributed by atoms with Crippen molar-refractivity contribution in [2.45, 2.75) is 197 Å². The smallest absolute Gasteiger partial charge is 0.298 e. The van der Waals surface area contributed by atoms with Crippen LogP contribution in [-0.2, 0) is 93.4 Å². The molecule has 416 valence electrons. The normalized spacial score (nSPS) is 18.9. The number of sulfonamides is 1. The van der Waals surface area contributed by atoms with Crippen LogP contribution in [0, 0.1) is 11.8 Å². The van der Waals surface area contributed by atoms with E-state index in [1.807, 2.05) is 0 Å². The molecule has 2 aromatic heterocycles. The van der Waals surface area contributed by atoms with Crippen molar-refractivity contribution in [2.75, 3.05) is 50.2 Å². The zero-order valence-corrected chi connectivity index (χ0v) is 49.9. The molecular weight excluding hydrogens is 1050 g/mol. The summed E-state index contributed by atoms with van der Waals surface area (Å²) in [4.78, 5) is 8.76. The monoisotopic (exact) mass is 1130 g/mol. The number of ether oxygens (including phenoxy) is 2. The molecule has 4 N–H and O–H groups in total. The number of nitrogens with one attached hydrogen (secondary N) is 2. The summed E-state index contributed by atoms with van der Waals surface area (Å²) in [5.74, 6) is 1.36. The lowest BCUT2D eigenvalue weighted by Gasteiger charge is -2.29. The molecule has 17 nitrogen and oxygen atoms in total. The molecule has 6 aliphatic rings. The van der Waals surface area contributed by atoms with Crippen molar-refractivity contribution in [2.24, 2.45) is 11.8 Å². The molecule has 5 aliphatic carbocycles. The van der Waals surface area contributed by atoms with E-state index in [1.165, 1.54) is 85.6 Å². The summed E-state index contributed by atoms with van der Waals surface area (Å²) >= 11 is 0. The molecule has 1 saturated heterocycles. The molecule has 1 aliphatic heterocycles. The van der Waals surface area contributed by atoms with E-state index >= 15 is 0 Å². The van der Waals surface area contributed by atoms with Crippen LogP contribution in [0.5, 0.6) is 0 Å². The molecule has 10 rings (SSSR count). The van der Waals surface area contributed by atoms with Crippen molar-refractivity contribution in [1.82, 2.24) is 33.8 Å². The number of hydrogen-bond donors (Lipinski definition) is 4. The summed E-state index contributed by atoms with van der Waals surface area (Å²) in [6, 6.07) is 6.77. The summed E-state index contributed by atoms with van der Waals surface area (Å²) in [6.07, 6.45) is 21.1. The Bertz CT molecular complexity index is 2760. The van der Waals surface area contributed by atoms with Gasteiger partial charge in [0, 0.05) is 77.7 Å². The van der Waals surface area contributed by atoms with Gasteiger partial charge in [-0.3, -0.25) is 0 Å². The number of hydrogen-bond acceptors (Lipinski definition) is 14. The minimum Gasteiger partial charge on any atom is -0.396 e. The van der Waals surface area contributed by atoms with Gasteiger partial charge >= 0.3 is 0 Å². The van der Waals surface area contributed by atoms with Gasteiger partial charge in [-0.1, -0.05) is 70.7 Å². The zero-order valence-electron chi connectivity index (χ0n) is 45.5. The van der Waals surface area contributed by atoms with Gasteiger partial charge in [0.15, 0.2) is 0 Å². The molecule has 0 bridgehead atoms. The number of aromatic nitrogens is 6. The maximum atomic E-state index is 13.5. The third kappa shape index (κ3) is 15.1. The molecule has 22 heteroatoms. The van der Waals surface area contributed by atoms with E-state index < -0.39 is 40.4 Å². The number of nitrogens with zero attached hydrogens (tertiary/aromatic N) is 7. The summed E-state index contributed by atoms with van der Waals surface area (Å²) in [5, 5.41) is 33.2. The molecule has 75 heavy (non-hydrogen) atoms. The average molecular weight is 1130 g/mol. The highest BCUT2D eigenvalue weighted by Crippen LogP contribution is 2.42. The van der Waals surface area contributed by atoms with Gasteiger partial charge in [0.05, 0.1) is 0 Å². The van der Waals surface area contributed by atoms with Crippen LogP contribution in [-0.4, -0.2) is 117 Å². The van der Waals surface area contributed by atoms with E-state index in [4.69, 9.17) is 25.3 Å². The predicted octanol–water partition coefficient (Wildman–Crippen LogP) is 9.50. The van der Waals surface area contributed by atoms with E-state index in [-0.39, 0.29) is 31.1 Å². The lowest BCUT2D eigenvalue weighted by Crippen LogP contribution is -2.41. The second-order valence-corrected chi connectivity index (χ2v) is 39.6. The highest BCUT2D eigenvalue weighted by molar-refractivity contribution is 8.13. The lowest BCUT2D eigenvalue weighted by molar-refractivity contribution is 0.0790. The van der Waals surface area contributed by atoms with E-state index in [0.29, 0.717) is 50.7 Å². The van der Waals surface area contributed by atoms with Crippen molar-refractivity contribution in [3.05, 3.63) is 56.6 Å². The third-order valence-corrected chi connectivity index (χ3v) is 21.7. The lowest BCUT2D eigenvalue weighted by atomic mass is 9.90. The number of rotatable bonds is 19. The Hall–Kier alpha value is -3.26. The molecule has 1 atom stereocenters. The topological polar surface area (TPSA) is 216 Å². The van der Waals surface area contributed by atoms with Gasteiger partial charge in [-0.25, -0.2) is 26.2 Å². The predicted molar refractivity (Wildman–Crippen MR) is 301 cm³/mol. The van der Waals surface area contributed by atoms with Crippen LogP contribution in [0.3, 0.4) is 0 Å². The van der Waals surface area contributed by atoms with Crippen LogP contribution in [0.25, 0.3) is 0 Å². The summed E-state index contributed by atoms with van der Waals surface area (Å²) in [7, 11) is -4.87. The van der Waals surface area contributed by atoms with E-state index in [1.54, 1.807) is 4.68 Å². The molecule has 0 radical (unpaired) electrons. The number of piperidine rings is 1. The van der Waals surface area contributed by atoms with Crippen LogP contribution >= 0.6 is 10.7 Å². The molecule has 1 unspecified atom stereocenters. The standard InChI is InChI=1S/C26H41N5O4SSi.C20H29ClN4O3SSi.C7H14O/c1-37(2,3)14-13-35-18-31-25(27-24-22-10-4-8-20(22)15-21-9-5-11-23(21)24)28-26(29-31)36(33,34)30-12-6-7-19(16-30)17-32;1-30(2,3)11-10-28-13-25-19(23-20(24-25)29(21,26)27)22-18-16-8-4-6-14(16)12-15-7-5-9-17(15)18;8-6-7-4-2-1-3-5-7/h15,19,32H,4-14,16-18H2,1-3H3,(H,27,28,29);12H,4-11,13H2,1-3H3,(H,22,23,24);7-8H,1-6H2. The largest absolute Gasteiger partial charge is 0.396 e. The highest BCUT2D eigenvalue weighted by atomic mass is 35.7. The number of halogens is 1. The average Bonchev–Trinajstić information content (AvgIpc) is 4.24. The fourth-order valence-electron chi connectivity index (χ4n) is 11.3. The molecule has 0 amide bonds. The zero-order chi connectivity index (χ0) is 53.5. The van der Waals surface area contributed by atoms with Crippen LogP contribution < -0.4 is 10.6 Å². The number of aryl methyl sites for hydroxylation is 4. The Labute approximate surface area is 452 Å². The van der Waals surface area contributed by atoms with Crippen LogP contribution in [0.2, 0.25) is 51.4 Å². The highest BCUT2D eigenvalue weighted by Gasteiger charge is 2.35. The van der Waals surface area contributed by atoms with Crippen molar-refractivity contribution < 1.29 is 36.5 Å². The van der Waals surface area contributed by atoms with Gasteiger partial charge < -0.3 is 30.3 Å². The molecular formula is C53H84ClN9O8S2Si2. The number of fused-ring (bicyclic) bond motifs is 4. The van der Waals surface area contributed by atoms with Crippen molar-refractivity contribution in [3.8, 4) is 0 Å². The third-order valence-electron chi connectivity index (χ3n) is 15.7. The Balaban J connectivity index is 0.000000176.